The Morgan fingerprint density at radius 1 is 1.24 bits per heavy atom. The van der Waals surface area contributed by atoms with Crippen LogP contribution < -0.4 is 10.2 Å². The number of aliphatic hydroxyl groups is 1. The summed E-state index contributed by atoms with van der Waals surface area (Å²) in [6, 6.07) is 8.05. The standard InChI is InChI=1S/C16H26N2O3/c1-4-18(5-2)14-9-7-13(8-10-14)17-12-15(19)11-16(20)21-6-3/h7-10,15,17,19H,4-6,11-12H2,1-3H3. The third-order valence-corrected chi connectivity index (χ3v) is 3.25. The largest absolute Gasteiger partial charge is 0.466 e. The summed E-state index contributed by atoms with van der Waals surface area (Å²) in [6.07, 6.45) is -0.732. The van der Waals surface area contributed by atoms with Crippen LogP contribution >= 0.6 is 0 Å². The minimum absolute atomic E-state index is 0.0123. The lowest BCUT2D eigenvalue weighted by Crippen LogP contribution is -2.24. The number of rotatable bonds is 9. The fourth-order valence-corrected chi connectivity index (χ4v) is 2.10. The third-order valence-electron chi connectivity index (χ3n) is 3.25. The molecule has 0 heterocycles. The van der Waals surface area contributed by atoms with Gasteiger partial charge in [-0.2, -0.15) is 0 Å². The van der Waals surface area contributed by atoms with Crippen LogP contribution in [0.25, 0.3) is 0 Å². The lowest BCUT2D eigenvalue weighted by molar-refractivity contribution is -0.145. The van der Waals surface area contributed by atoms with Gasteiger partial charge in [0, 0.05) is 31.0 Å². The maximum absolute atomic E-state index is 11.2. The van der Waals surface area contributed by atoms with Crippen LogP contribution in [-0.4, -0.2) is 43.4 Å². The Morgan fingerprint density at radius 2 is 1.86 bits per heavy atom. The van der Waals surface area contributed by atoms with Crippen molar-refractivity contribution in [2.24, 2.45) is 0 Å². The molecule has 1 atom stereocenters. The number of ether oxygens (including phenoxy) is 1. The van der Waals surface area contributed by atoms with E-state index in [9.17, 15) is 9.90 Å². The zero-order chi connectivity index (χ0) is 15.7. The predicted molar refractivity (Wildman–Crippen MR) is 85.7 cm³/mol. The fraction of sp³-hybridized carbons (Fsp3) is 0.562. The number of esters is 1. The van der Waals surface area contributed by atoms with Crippen molar-refractivity contribution in [3.05, 3.63) is 24.3 Å². The molecule has 2 N–H and O–H groups in total. The molecule has 1 unspecified atom stereocenters. The van der Waals surface area contributed by atoms with E-state index in [0.29, 0.717) is 13.2 Å². The first kappa shape index (κ1) is 17.3. The van der Waals surface area contributed by atoms with E-state index in [1.54, 1.807) is 6.92 Å². The maximum atomic E-state index is 11.2. The first-order chi connectivity index (χ1) is 10.1. The van der Waals surface area contributed by atoms with Crippen molar-refractivity contribution in [3.8, 4) is 0 Å². The number of carbonyl (C=O) groups is 1. The molecule has 0 saturated heterocycles. The molecule has 0 bridgehead atoms. The van der Waals surface area contributed by atoms with Crippen LogP contribution in [0.3, 0.4) is 0 Å². The summed E-state index contributed by atoms with van der Waals surface area (Å²) in [4.78, 5) is 13.5. The number of benzene rings is 1. The highest BCUT2D eigenvalue weighted by molar-refractivity contribution is 5.70. The average molecular weight is 294 g/mol. The van der Waals surface area contributed by atoms with E-state index in [1.165, 1.54) is 5.69 Å². The molecule has 0 aliphatic rings. The summed E-state index contributed by atoms with van der Waals surface area (Å²) >= 11 is 0. The second-order valence-corrected chi connectivity index (χ2v) is 4.76. The molecule has 0 amide bonds. The molecule has 1 aromatic carbocycles. The van der Waals surface area contributed by atoms with Crippen molar-refractivity contribution in [2.45, 2.75) is 33.3 Å². The SMILES string of the molecule is CCOC(=O)CC(O)CNc1ccc(N(CC)CC)cc1. The summed E-state index contributed by atoms with van der Waals surface area (Å²) in [5.41, 5.74) is 2.10. The third kappa shape index (κ3) is 6.04. The van der Waals surface area contributed by atoms with Gasteiger partial charge in [-0.1, -0.05) is 0 Å². The van der Waals surface area contributed by atoms with E-state index in [1.807, 2.05) is 24.3 Å². The van der Waals surface area contributed by atoms with Crippen LogP contribution in [-0.2, 0) is 9.53 Å². The zero-order valence-corrected chi connectivity index (χ0v) is 13.1. The van der Waals surface area contributed by atoms with Gasteiger partial charge in [-0.3, -0.25) is 4.79 Å². The second kappa shape index (κ2) is 9.23. The molecule has 5 heteroatoms. The quantitative estimate of drug-likeness (QED) is 0.684. The number of hydrogen-bond donors (Lipinski definition) is 2. The number of aliphatic hydroxyl groups excluding tert-OH is 1. The Labute approximate surface area is 126 Å². The van der Waals surface area contributed by atoms with Gasteiger partial charge in [-0.15, -0.1) is 0 Å². The predicted octanol–water partition coefficient (Wildman–Crippen LogP) is 2.26. The molecular formula is C16H26N2O3. The highest BCUT2D eigenvalue weighted by Crippen LogP contribution is 2.17. The molecule has 0 aliphatic heterocycles. The van der Waals surface area contributed by atoms with Gasteiger partial charge in [0.15, 0.2) is 0 Å². The van der Waals surface area contributed by atoms with Crippen molar-refractivity contribution in [1.82, 2.24) is 0 Å². The fourth-order valence-electron chi connectivity index (χ4n) is 2.10. The van der Waals surface area contributed by atoms with Crippen molar-refractivity contribution in [3.63, 3.8) is 0 Å². The smallest absolute Gasteiger partial charge is 0.308 e. The lowest BCUT2D eigenvalue weighted by Gasteiger charge is -2.21. The molecule has 1 rings (SSSR count). The first-order valence-corrected chi connectivity index (χ1v) is 7.53. The molecule has 118 valence electrons. The Bertz CT molecular complexity index is 416. The van der Waals surface area contributed by atoms with Crippen LogP contribution in [0.1, 0.15) is 27.2 Å². The number of hydrogen-bond acceptors (Lipinski definition) is 5. The summed E-state index contributed by atoms with van der Waals surface area (Å²) in [5, 5.41) is 12.9. The lowest BCUT2D eigenvalue weighted by atomic mass is 10.2. The first-order valence-electron chi connectivity index (χ1n) is 7.53. The molecule has 5 nitrogen and oxygen atoms in total. The van der Waals surface area contributed by atoms with Gasteiger partial charge in [0.2, 0.25) is 0 Å². The Balaban J connectivity index is 2.43. The van der Waals surface area contributed by atoms with E-state index in [4.69, 9.17) is 4.74 Å². The van der Waals surface area contributed by atoms with E-state index < -0.39 is 6.10 Å². The maximum Gasteiger partial charge on any atom is 0.308 e. The molecular weight excluding hydrogens is 268 g/mol. The van der Waals surface area contributed by atoms with Gasteiger partial charge < -0.3 is 20.1 Å². The highest BCUT2D eigenvalue weighted by Gasteiger charge is 2.11. The van der Waals surface area contributed by atoms with E-state index in [-0.39, 0.29) is 12.4 Å². The molecule has 0 saturated carbocycles. The number of nitrogens with zero attached hydrogens (tertiary/aromatic N) is 1. The Kier molecular flexibility index (Phi) is 7.61. The summed E-state index contributed by atoms with van der Waals surface area (Å²) < 4.78 is 4.80. The number of anilines is 2. The summed E-state index contributed by atoms with van der Waals surface area (Å²) in [6.45, 7) is 8.61. The molecule has 1 aromatic rings. The van der Waals surface area contributed by atoms with E-state index >= 15 is 0 Å². The second-order valence-electron chi connectivity index (χ2n) is 4.76. The summed E-state index contributed by atoms with van der Waals surface area (Å²) in [7, 11) is 0. The molecule has 0 aromatic heterocycles. The van der Waals surface area contributed by atoms with Gasteiger partial charge in [-0.25, -0.2) is 0 Å². The highest BCUT2D eigenvalue weighted by atomic mass is 16.5. The molecule has 21 heavy (non-hydrogen) atoms. The minimum Gasteiger partial charge on any atom is -0.466 e. The molecule has 0 aliphatic carbocycles. The van der Waals surface area contributed by atoms with Crippen LogP contribution in [0.4, 0.5) is 11.4 Å². The number of nitrogens with one attached hydrogen (secondary N) is 1. The van der Waals surface area contributed by atoms with Crippen LogP contribution in [0.5, 0.6) is 0 Å². The van der Waals surface area contributed by atoms with E-state index in [2.05, 4.69) is 24.1 Å². The van der Waals surface area contributed by atoms with Gasteiger partial charge in [0.05, 0.1) is 19.1 Å². The van der Waals surface area contributed by atoms with Gasteiger partial charge >= 0.3 is 5.97 Å². The monoisotopic (exact) mass is 294 g/mol. The van der Waals surface area contributed by atoms with Crippen molar-refractivity contribution in [2.75, 3.05) is 36.5 Å². The van der Waals surface area contributed by atoms with Crippen molar-refractivity contribution < 1.29 is 14.6 Å². The Hall–Kier alpha value is -1.75. The zero-order valence-electron chi connectivity index (χ0n) is 13.1. The average Bonchev–Trinajstić information content (AvgIpc) is 2.48. The van der Waals surface area contributed by atoms with Gasteiger partial charge in [0.1, 0.15) is 0 Å². The van der Waals surface area contributed by atoms with Crippen LogP contribution in [0, 0.1) is 0 Å². The van der Waals surface area contributed by atoms with Gasteiger partial charge in [0.25, 0.3) is 0 Å². The normalized spacial score (nSPS) is 11.8. The molecule has 0 radical (unpaired) electrons. The van der Waals surface area contributed by atoms with E-state index in [0.717, 1.165) is 18.8 Å². The Morgan fingerprint density at radius 3 is 2.38 bits per heavy atom. The van der Waals surface area contributed by atoms with Crippen LogP contribution in [0.2, 0.25) is 0 Å². The van der Waals surface area contributed by atoms with Crippen LogP contribution in [0.15, 0.2) is 24.3 Å². The number of carbonyl (C=O) groups excluding carboxylic acids is 1. The molecule has 0 fully saturated rings. The topological polar surface area (TPSA) is 61.8 Å². The van der Waals surface area contributed by atoms with Crippen molar-refractivity contribution >= 4 is 17.3 Å². The molecule has 0 spiro atoms. The minimum atomic E-state index is -0.744. The van der Waals surface area contributed by atoms with Gasteiger partial charge in [-0.05, 0) is 45.0 Å². The van der Waals surface area contributed by atoms with Crippen molar-refractivity contribution in [1.29, 1.82) is 0 Å². The summed E-state index contributed by atoms with van der Waals surface area (Å²) in [5.74, 6) is -0.372.